The van der Waals surface area contributed by atoms with Crippen molar-refractivity contribution in [2.75, 3.05) is 64.6 Å². The van der Waals surface area contributed by atoms with Crippen LogP contribution in [0.3, 0.4) is 0 Å². The highest BCUT2D eigenvalue weighted by molar-refractivity contribution is 7.16. The SMILES string of the molecule is C=Nc1cc(C(=O)NC)cc(CCCCN2CCOCC2)c1N(C/C=C/Cn1c(=NC(=O)C(/C=C(/C)N)=NCC)sc2cc(C)cnc21)CNC(=O)c1cc(C)nn1CC. The number of aliphatic imine (C=N–C) groups is 2. The minimum absolute atomic E-state index is 0.123. The fraction of sp³-hybridized carbons (Fsp3) is 0.442. The topological polar surface area (TPSA) is 190 Å². The highest BCUT2D eigenvalue weighted by atomic mass is 32.1. The lowest BCUT2D eigenvalue weighted by Gasteiger charge is -2.29. The molecular weight excluding hydrogens is 781 g/mol. The average Bonchev–Trinajstić information content (AvgIpc) is 3.79. The van der Waals surface area contributed by atoms with Gasteiger partial charge >= 0.3 is 0 Å². The maximum atomic E-state index is 13.7. The Morgan fingerprint density at radius 3 is 2.57 bits per heavy atom. The molecule has 3 amide bonds. The number of rotatable bonds is 19. The number of carbonyl (C=O) groups is 3. The molecule has 1 saturated heterocycles. The van der Waals surface area contributed by atoms with Gasteiger partial charge in [0.15, 0.2) is 10.4 Å². The van der Waals surface area contributed by atoms with E-state index in [2.05, 4.69) is 42.3 Å². The van der Waals surface area contributed by atoms with Crippen molar-refractivity contribution in [3.8, 4) is 0 Å². The van der Waals surface area contributed by atoms with Crippen LogP contribution in [0.4, 0.5) is 11.4 Å². The first-order chi connectivity index (χ1) is 29.0. The van der Waals surface area contributed by atoms with Crippen molar-refractivity contribution in [1.29, 1.82) is 0 Å². The quantitative estimate of drug-likeness (QED) is 0.0530. The molecule has 17 heteroatoms. The Morgan fingerprint density at radius 2 is 1.87 bits per heavy atom. The molecule has 0 radical (unpaired) electrons. The fourth-order valence-corrected chi connectivity index (χ4v) is 8.05. The summed E-state index contributed by atoms with van der Waals surface area (Å²) in [5.74, 6) is -0.988. The number of nitrogens with zero attached hydrogens (tertiary/aromatic N) is 9. The zero-order valence-corrected chi connectivity index (χ0v) is 36.5. The molecule has 4 heterocycles. The summed E-state index contributed by atoms with van der Waals surface area (Å²) in [7, 11) is 1.60. The predicted molar refractivity (Wildman–Crippen MR) is 240 cm³/mol. The van der Waals surface area contributed by atoms with E-state index in [0.717, 1.165) is 72.9 Å². The Labute approximate surface area is 355 Å². The van der Waals surface area contributed by atoms with Gasteiger partial charge in [-0.2, -0.15) is 10.1 Å². The highest BCUT2D eigenvalue weighted by Crippen LogP contribution is 2.35. The van der Waals surface area contributed by atoms with Crippen LogP contribution in [0.25, 0.3) is 10.3 Å². The molecule has 1 aromatic carbocycles. The third-order valence-electron chi connectivity index (χ3n) is 9.83. The van der Waals surface area contributed by atoms with Crippen molar-refractivity contribution >= 4 is 63.2 Å². The molecular formula is C43H58N12O4S. The number of nitrogens with two attached hydrogens (primary N) is 1. The fourth-order valence-electron chi connectivity index (χ4n) is 6.96. The number of anilines is 1. The van der Waals surface area contributed by atoms with Gasteiger partial charge in [0.25, 0.3) is 17.7 Å². The number of thiazole rings is 1. The van der Waals surface area contributed by atoms with Crippen LogP contribution in [0.1, 0.15) is 71.3 Å². The van der Waals surface area contributed by atoms with Gasteiger partial charge < -0.3 is 26.0 Å². The number of carbonyl (C=O) groups excluding carboxylic acids is 3. The Kier molecular flexibility index (Phi) is 16.6. The third-order valence-corrected chi connectivity index (χ3v) is 10.8. The summed E-state index contributed by atoms with van der Waals surface area (Å²) < 4.78 is 9.99. The zero-order valence-electron chi connectivity index (χ0n) is 35.7. The molecule has 4 aromatic rings. The van der Waals surface area contributed by atoms with Crippen LogP contribution < -0.4 is 26.1 Å². The Bertz CT molecular complexity index is 2330. The molecule has 4 N–H and O–H groups in total. The number of hydrogen-bond acceptors (Lipinski definition) is 12. The van der Waals surface area contributed by atoms with Crippen molar-refractivity contribution in [3.05, 3.63) is 87.3 Å². The number of aryl methyl sites for hydroxylation is 4. The molecule has 0 saturated carbocycles. The smallest absolute Gasteiger partial charge is 0.297 e. The summed E-state index contributed by atoms with van der Waals surface area (Å²) in [4.78, 5) is 62.9. The van der Waals surface area contributed by atoms with E-state index in [0.29, 0.717) is 65.7 Å². The van der Waals surface area contributed by atoms with Crippen molar-refractivity contribution < 1.29 is 19.1 Å². The van der Waals surface area contributed by atoms with E-state index < -0.39 is 5.91 Å². The van der Waals surface area contributed by atoms with Gasteiger partial charge in [-0.05, 0) is 109 Å². The van der Waals surface area contributed by atoms with Gasteiger partial charge in [-0.15, -0.1) is 0 Å². The maximum Gasteiger partial charge on any atom is 0.297 e. The Hall–Kier alpha value is -5.78. The maximum absolute atomic E-state index is 13.7. The van der Waals surface area contributed by atoms with E-state index in [1.54, 1.807) is 37.0 Å². The number of ether oxygens (including phenoxy) is 1. The number of allylic oxidation sites excluding steroid dienone is 2. The van der Waals surface area contributed by atoms with Gasteiger partial charge in [0.2, 0.25) is 0 Å². The van der Waals surface area contributed by atoms with Gasteiger partial charge in [-0.3, -0.25) is 38.5 Å². The molecule has 0 bridgehead atoms. The molecule has 16 nitrogen and oxygen atoms in total. The molecule has 0 aliphatic carbocycles. The average molecular weight is 839 g/mol. The minimum atomic E-state index is -0.494. The molecule has 3 aromatic heterocycles. The second-order valence-electron chi connectivity index (χ2n) is 14.5. The number of morpholine rings is 1. The molecule has 5 rings (SSSR count). The van der Waals surface area contributed by atoms with Crippen molar-refractivity contribution in [2.45, 2.75) is 67.0 Å². The second kappa shape index (κ2) is 22.0. The minimum Gasteiger partial charge on any atom is -0.402 e. The number of benzene rings is 1. The first-order valence-electron chi connectivity index (χ1n) is 20.4. The molecule has 1 aliphatic rings. The van der Waals surface area contributed by atoms with Crippen LogP contribution in [0.2, 0.25) is 0 Å². The van der Waals surface area contributed by atoms with Crippen LogP contribution >= 0.6 is 11.3 Å². The molecule has 320 valence electrons. The predicted octanol–water partition coefficient (Wildman–Crippen LogP) is 4.48. The van der Waals surface area contributed by atoms with Gasteiger partial charge in [0.1, 0.15) is 11.4 Å². The van der Waals surface area contributed by atoms with Crippen LogP contribution in [0, 0.1) is 13.8 Å². The monoisotopic (exact) mass is 838 g/mol. The number of hydrogen-bond donors (Lipinski definition) is 3. The third kappa shape index (κ3) is 11.9. The van der Waals surface area contributed by atoms with E-state index >= 15 is 0 Å². The Balaban J connectivity index is 1.50. The molecule has 0 unspecified atom stereocenters. The van der Waals surface area contributed by atoms with Gasteiger partial charge in [-0.25, -0.2) is 4.98 Å². The molecule has 1 aliphatic heterocycles. The lowest BCUT2D eigenvalue weighted by molar-refractivity contribution is -0.112. The number of aromatic nitrogens is 4. The number of pyridine rings is 1. The standard InChI is InChI=1S/C43H58N12O4S/c1-8-47-35(23-30(4)44)41(57)50-43-54(39-37(60-43)22-29(3)27-48-39)17-13-12-16-53(28-49-42(58)36-24-31(5)51-55(36)9-2)38-32(14-10-11-15-52-18-20-59-21-19-52)25-33(40(56)46-7)26-34(38)45-6/h12-13,22-27H,6,8-11,14-21,28,44H2,1-5,7H3,(H,46,56)(H,49,58)/b13-12+,30-23-,47-35?,50-43?. The van der Waals surface area contributed by atoms with Crippen LogP contribution in [-0.2, 0) is 29.0 Å². The lowest BCUT2D eigenvalue weighted by atomic mass is 9.99. The zero-order chi connectivity index (χ0) is 43.2. The van der Waals surface area contributed by atoms with Crippen LogP contribution in [-0.4, -0.2) is 114 Å². The summed E-state index contributed by atoms with van der Waals surface area (Å²) in [5, 5.41) is 10.3. The molecule has 1 fully saturated rings. The van der Waals surface area contributed by atoms with E-state index in [1.165, 1.54) is 17.4 Å². The van der Waals surface area contributed by atoms with Gasteiger partial charge in [0.05, 0.1) is 41.7 Å². The number of amides is 3. The normalized spacial score (nSPS) is 14.3. The lowest BCUT2D eigenvalue weighted by Crippen LogP contribution is -2.39. The first-order valence-corrected chi connectivity index (χ1v) is 21.2. The number of nitrogens with one attached hydrogen (secondary N) is 2. The summed E-state index contributed by atoms with van der Waals surface area (Å²) in [6.07, 6.45) is 9.80. The molecule has 60 heavy (non-hydrogen) atoms. The van der Waals surface area contributed by atoms with Gasteiger partial charge in [0, 0.05) is 63.8 Å². The van der Waals surface area contributed by atoms with E-state index in [9.17, 15) is 14.4 Å². The van der Waals surface area contributed by atoms with Crippen LogP contribution in [0.15, 0.2) is 69.4 Å². The summed E-state index contributed by atoms with van der Waals surface area (Å²) in [5.41, 5.74) is 12.1. The number of fused-ring (bicyclic) bond motifs is 1. The highest BCUT2D eigenvalue weighted by Gasteiger charge is 2.21. The van der Waals surface area contributed by atoms with E-state index in [-0.39, 0.29) is 24.2 Å². The van der Waals surface area contributed by atoms with E-state index in [4.69, 9.17) is 15.5 Å². The van der Waals surface area contributed by atoms with Crippen molar-refractivity contribution in [3.63, 3.8) is 0 Å². The largest absolute Gasteiger partial charge is 0.402 e. The van der Waals surface area contributed by atoms with Crippen molar-refractivity contribution in [1.82, 2.24) is 34.9 Å². The number of unbranched alkanes of at least 4 members (excludes halogenated alkanes) is 1. The van der Waals surface area contributed by atoms with Gasteiger partial charge in [-0.1, -0.05) is 23.5 Å². The summed E-state index contributed by atoms with van der Waals surface area (Å²) in [6.45, 7) is 19.2. The first kappa shape index (κ1) is 45.3. The molecule has 0 atom stereocenters. The molecule has 0 spiro atoms. The summed E-state index contributed by atoms with van der Waals surface area (Å²) >= 11 is 1.37. The van der Waals surface area contributed by atoms with Crippen molar-refractivity contribution in [2.24, 2.45) is 20.7 Å². The van der Waals surface area contributed by atoms with Crippen LogP contribution in [0.5, 0.6) is 0 Å². The Morgan fingerprint density at radius 1 is 1.08 bits per heavy atom. The van der Waals surface area contributed by atoms with E-state index in [1.807, 2.05) is 61.4 Å². The second-order valence-corrected chi connectivity index (χ2v) is 15.5. The summed E-state index contributed by atoms with van der Waals surface area (Å²) in [6, 6.07) is 7.44.